The van der Waals surface area contributed by atoms with Gasteiger partial charge in [-0.25, -0.2) is 5.43 Å². The third-order valence-electron chi connectivity index (χ3n) is 4.92. The molecule has 0 aliphatic carbocycles. The third kappa shape index (κ3) is 3.47. The monoisotopic (exact) mass is 370 g/mol. The van der Waals surface area contributed by atoms with Crippen molar-refractivity contribution in [2.45, 2.75) is 19.9 Å². The molecule has 0 saturated heterocycles. The van der Waals surface area contributed by atoms with E-state index >= 15 is 0 Å². The van der Waals surface area contributed by atoms with Crippen molar-refractivity contribution in [3.05, 3.63) is 78.4 Å². The Morgan fingerprint density at radius 2 is 1.50 bits per heavy atom. The zero-order valence-electron chi connectivity index (χ0n) is 15.7. The van der Waals surface area contributed by atoms with Crippen LogP contribution >= 0.6 is 0 Å². The Labute approximate surface area is 163 Å². The molecule has 0 fully saturated rings. The van der Waals surface area contributed by atoms with E-state index < -0.39 is 0 Å². The molecule has 0 aliphatic heterocycles. The van der Waals surface area contributed by atoms with Crippen LogP contribution in [-0.2, 0) is 11.3 Å². The molecule has 1 aromatic heterocycles. The Morgan fingerprint density at radius 1 is 0.929 bits per heavy atom. The van der Waals surface area contributed by atoms with Crippen LogP contribution in [0.5, 0.6) is 0 Å². The van der Waals surface area contributed by atoms with E-state index in [1.165, 1.54) is 10.8 Å². The number of hydrogen-bond donors (Lipinski definition) is 2. The molecule has 4 rings (SSSR count). The molecule has 0 aliphatic rings. The first-order valence-electron chi connectivity index (χ1n) is 9.28. The third-order valence-corrected chi connectivity index (χ3v) is 4.92. The van der Waals surface area contributed by atoms with Gasteiger partial charge in [0.15, 0.2) is 0 Å². The van der Waals surface area contributed by atoms with Gasteiger partial charge in [0.25, 0.3) is 0 Å². The lowest BCUT2D eigenvalue weighted by Gasteiger charge is -2.07. The molecule has 3 N–H and O–H groups in total. The molecule has 0 atom stereocenters. The zero-order valence-corrected chi connectivity index (χ0v) is 15.7. The van der Waals surface area contributed by atoms with Gasteiger partial charge in [0, 0.05) is 40.5 Å². The minimum atomic E-state index is -0.114. The zero-order chi connectivity index (χ0) is 19.5. The summed E-state index contributed by atoms with van der Waals surface area (Å²) in [5, 5.41) is 6.62. The highest BCUT2D eigenvalue weighted by Gasteiger charge is 2.11. The Morgan fingerprint density at radius 3 is 2.11 bits per heavy atom. The summed E-state index contributed by atoms with van der Waals surface area (Å²) in [6.07, 6.45) is 0.348. The molecule has 140 valence electrons. The molecule has 5 heteroatoms. The maximum Gasteiger partial charge on any atom is 0.241 e. The Kier molecular flexibility index (Phi) is 4.81. The number of carbonyl (C=O) groups excluding carboxylic acids is 1. The normalized spacial score (nSPS) is 11.8. The van der Waals surface area contributed by atoms with E-state index in [0.717, 1.165) is 22.3 Å². The minimum absolute atomic E-state index is 0.114. The van der Waals surface area contributed by atoms with Crippen LogP contribution in [-0.4, -0.2) is 16.2 Å². The number of aryl methyl sites for hydroxylation is 1. The topological polar surface area (TPSA) is 72.4 Å². The Bertz CT molecular complexity index is 1120. The number of anilines is 1. The number of amides is 1. The van der Waals surface area contributed by atoms with Crippen LogP contribution in [0, 0.1) is 0 Å². The lowest BCUT2D eigenvalue weighted by atomic mass is 10.1. The smallest absolute Gasteiger partial charge is 0.241 e. The van der Waals surface area contributed by atoms with Gasteiger partial charge in [-0.15, -0.1) is 0 Å². The molecular formula is C23H22N4O. The lowest BCUT2D eigenvalue weighted by molar-refractivity contribution is -0.121. The van der Waals surface area contributed by atoms with E-state index in [1.807, 2.05) is 55.5 Å². The van der Waals surface area contributed by atoms with Crippen molar-refractivity contribution >= 4 is 39.1 Å². The fourth-order valence-electron chi connectivity index (χ4n) is 3.45. The van der Waals surface area contributed by atoms with E-state index in [9.17, 15) is 4.79 Å². The van der Waals surface area contributed by atoms with Gasteiger partial charge in [-0.3, -0.25) is 4.79 Å². The highest BCUT2D eigenvalue weighted by molar-refractivity contribution is 6.08. The molecule has 4 aromatic rings. The number of carbonyl (C=O) groups is 1. The summed E-state index contributed by atoms with van der Waals surface area (Å²) in [6.45, 7) is 2.45. The number of nitrogen functional groups attached to an aromatic ring is 1. The van der Waals surface area contributed by atoms with Crippen LogP contribution in [0.2, 0.25) is 0 Å². The standard InChI is InChI=1S/C23H22N4O/c1-16(17-10-12-18(24)13-11-17)25-26-23(28)14-15-27-21-8-4-2-6-19(21)20-7-3-5-9-22(20)27/h2-13H,14-15,24H2,1H3,(H,26,28)/b25-16-. The molecular weight excluding hydrogens is 348 g/mol. The fourth-order valence-corrected chi connectivity index (χ4v) is 3.45. The van der Waals surface area contributed by atoms with Crippen molar-refractivity contribution in [2.24, 2.45) is 5.10 Å². The molecule has 0 spiro atoms. The summed E-state index contributed by atoms with van der Waals surface area (Å²) in [7, 11) is 0. The second-order valence-corrected chi connectivity index (χ2v) is 6.79. The molecule has 0 radical (unpaired) electrons. The molecule has 0 unspecified atom stereocenters. The second kappa shape index (κ2) is 7.56. The highest BCUT2D eigenvalue weighted by atomic mass is 16.2. The summed E-state index contributed by atoms with van der Waals surface area (Å²) in [5.74, 6) is -0.114. The largest absolute Gasteiger partial charge is 0.399 e. The van der Waals surface area contributed by atoms with Crippen LogP contribution in [0.4, 0.5) is 5.69 Å². The van der Waals surface area contributed by atoms with Crippen molar-refractivity contribution in [3.8, 4) is 0 Å². The van der Waals surface area contributed by atoms with Gasteiger partial charge >= 0.3 is 0 Å². The summed E-state index contributed by atoms with van der Waals surface area (Å²) in [6, 6.07) is 24.0. The maximum atomic E-state index is 12.3. The summed E-state index contributed by atoms with van der Waals surface area (Å²) < 4.78 is 2.20. The van der Waals surface area contributed by atoms with Crippen LogP contribution in [0.3, 0.4) is 0 Å². The van der Waals surface area contributed by atoms with E-state index in [0.29, 0.717) is 18.7 Å². The molecule has 5 nitrogen and oxygen atoms in total. The van der Waals surface area contributed by atoms with E-state index in [2.05, 4.69) is 39.4 Å². The number of nitrogens with one attached hydrogen (secondary N) is 1. The van der Waals surface area contributed by atoms with Crippen LogP contribution < -0.4 is 11.2 Å². The van der Waals surface area contributed by atoms with Gasteiger partial charge in [-0.2, -0.15) is 5.10 Å². The van der Waals surface area contributed by atoms with Crippen LogP contribution in [0.25, 0.3) is 21.8 Å². The van der Waals surface area contributed by atoms with E-state index in [1.54, 1.807) is 0 Å². The average molecular weight is 370 g/mol. The SMILES string of the molecule is C/C(=N/NC(=O)CCn1c2ccccc2c2ccccc21)c1ccc(N)cc1. The molecule has 1 heterocycles. The van der Waals surface area contributed by atoms with Crippen LogP contribution in [0.15, 0.2) is 77.9 Å². The van der Waals surface area contributed by atoms with Crippen molar-refractivity contribution < 1.29 is 4.79 Å². The molecule has 3 aromatic carbocycles. The number of fused-ring (bicyclic) bond motifs is 3. The number of nitrogens with zero attached hydrogens (tertiary/aromatic N) is 2. The first-order valence-corrected chi connectivity index (χ1v) is 9.28. The maximum absolute atomic E-state index is 12.3. The first-order chi connectivity index (χ1) is 13.6. The van der Waals surface area contributed by atoms with Gasteiger partial charge in [-0.05, 0) is 36.8 Å². The van der Waals surface area contributed by atoms with Crippen molar-refractivity contribution in [1.82, 2.24) is 9.99 Å². The van der Waals surface area contributed by atoms with Crippen molar-refractivity contribution in [2.75, 3.05) is 5.73 Å². The Balaban J connectivity index is 1.49. The number of aromatic nitrogens is 1. The second-order valence-electron chi connectivity index (χ2n) is 6.79. The van der Waals surface area contributed by atoms with E-state index in [-0.39, 0.29) is 5.91 Å². The lowest BCUT2D eigenvalue weighted by Crippen LogP contribution is -2.20. The van der Waals surface area contributed by atoms with Gasteiger partial charge in [0.1, 0.15) is 0 Å². The molecule has 28 heavy (non-hydrogen) atoms. The number of nitrogens with two attached hydrogens (primary N) is 1. The highest BCUT2D eigenvalue weighted by Crippen LogP contribution is 2.28. The average Bonchev–Trinajstić information content (AvgIpc) is 3.05. The summed E-state index contributed by atoms with van der Waals surface area (Å²) in [5.41, 5.74) is 13.0. The number of rotatable bonds is 5. The first kappa shape index (κ1) is 17.8. The quantitative estimate of drug-likeness (QED) is 0.312. The molecule has 0 bridgehead atoms. The van der Waals surface area contributed by atoms with Gasteiger partial charge in [-0.1, -0.05) is 48.5 Å². The predicted molar refractivity (Wildman–Crippen MR) is 115 cm³/mol. The Hall–Kier alpha value is -3.60. The summed E-state index contributed by atoms with van der Waals surface area (Å²) >= 11 is 0. The van der Waals surface area contributed by atoms with Gasteiger partial charge in [0.2, 0.25) is 5.91 Å². The fraction of sp³-hybridized carbons (Fsp3) is 0.130. The molecule has 1 amide bonds. The molecule has 0 saturated carbocycles. The number of benzene rings is 3. The van der Waals surface area contributed by atoms with Crippen LogP contribution in [0.1, 0.15) is 18.9 Å². The summed E-state index contributed by atoms with van der Waals surface area (Å²) in [4.78, 5) is 12.3. The van der Waals surface area contributed by atoms with E-state index in [4.69, 9.17) is 5.73 Å². The van der Waals surface area contributed by atoms with Crippen molar-refractivity contribution in [3.63, 3.8) is 0 Å². The number of hydrazone groups is 1. The minimum Gasteiger partial charge on any atom is -0.399 e. The van der Waals surface area contributed by atoms with Gasteiger partial charge < -0.3 is 10.3 Å². The van der Waals surface area contributed by atoms with Gasteiger partial charge in [0.05, 0.1) is 5.71 Å². The number of para-hydroxylation sites is 2. The number of hydrogen-bond acceptors (Lipinski definition) is 3. The predicted octanol–water partition coefficient (Wildman–Crippen LogP) is 4.31. The van der Waals surface area contributed by atoms with Crippen molar-refractivity contribution in [1.29, 1.82) is 0 Å².